The fourth-order valence-corrected chi connectivity index (χ4v) is 4.95. The van der Waals surface area contributed by atoms with E-state index < -0.39 is 24.0 Å². The number of hydrogen-bond donors (Lipinski definition) is 4. The third-order valence-electron chi connectivity index (χ3n) is 6.72. The maximum Gasteiger partial charge on any atom is 0.413 e. The average Bonchev–Trinajstić information content (AvgIpc) is 3.14. The molecule has 172 valence electrons. The first-order chi connectivity index (χ1) is 14.6. The second-order valence-corrected chi connectivity index (χ2v) is 9.03. The molecule has 3 aliphatic heterocycles. The first-order valence-corrected chi connectivity index (χ1v) is 10.9. The Morgan fingerprint density at radius 1 is 1.23 bits per heavy atom. The van der Waals surface area contributed by atoms with Crippen molar-refractivity contribution in [1.82, 2.24) is 20.9 Å². The average molecular weight is 442 g/mol. The highest BCUT2D eigenvalue weighted by molar-refractivity contribution is 5.59. The monoisotopic (exact) mass is 441 g/mol. The van der Waals surface area contributed by atoms with Gasteiger partial charge in [0.2, 0.25) is 0 Å². The fraction of sp³-hybridized carbons (Fsp3) is 0.636. The Hall–Kier alpha value is -1.68. The zero-order valence-corrected chi connectivity index (χ0v) is 17.9. The van der Waals surface area contributed by atoms with Crippen LogP contribution in [0, 0.1) is 0 Å². The lowest BCUT2D eigenvalue weighted by Crippen LogP contribution is -2.53. The summed E-state index contributed by atoms with van der Waals surface area (Å²) in [5.41, 5.74) is 1.29. The van der Waals surface area contributed by atoms with Crippen LogP contribution in [0.15, 0.2) is 30.4 Å². The molecule has 0 aliphatic carbocycles. The molecule has 0 radical (unpaired) electrons. The number of alkyl halides is 4. The number of nitrogens with zero attached hydrogens (tertiary/aromatic N) is 1. The van der Waals surface area contributed by atoms with Crippen LogP contribution >= 0.6 is 0 Å². The van der Waals surface area contributed by atoms with Gasteiger partial charge in [0.1, 0.15) is 6.17 Å². The molecule has 9 heteroatoms. The Morgan fingerprint density at radius 3 is 2.65 bits per heavy atom. The number of benzene rings is 1. The van der Waals surface area contributed by atoms with Crippen LogP contribution in [0.5, 0.6) is 0 Å². The Morgan fingerprint density at radius 2 is 2.00 bits per heavy atom. The van der Waals surface area contributed by atoms with Gasteiger partial charge < -0.3 is 20.9 Å². The van der Waals surface area contributed by atoms with Crippen molar-refractivity contribution in [2.45, 2.75) is 62.4 Å². The molecule has 0 amide bonds. The summed E-state index contributed by atoms with van der Waals surface area (Å²) in [5, 5.41) is 13.2. The van der Waals surface area contributed by atoms with Crippen molar-refractivity contribution >= 4 is 5.69 Å². The molecule has 4 rings (SSSR count). The SMILES string of the molecule is C=C(C1NC(C2CNC(C)N2)Cc2c(N[C@@H]3CCN(C)C[C@@H]3F)cccc21)C(F)(F)F. The number of anilines is 1. The van der Waals surface area contributed by atoms with Crippen LogP contribution in [-0.2, 0) is 6.42 Å². The van der Waals surface area contributed by atoms with Gasteiger partial charge in [0.15, 0.2) is 0 Å². The topological polar surface area (TPSA) is 51.4 Å². The van der Waals surface area contributed by atoms with Gasteiger partial charge in [-0.05, 0) is 44.0 Å². The largest absolute Gasteiger partial charge is 0.413 e. The molecule has 0 aromatic heterocycles. The van der Waals surface area contributed by atoms with E-state index in [1.165, 1.54) is 0 Å². The molecule has 2 fully saturated rings. The number of fused-ring (bicyclic) bond motifs is 1. The predicted molar refractivity (Wildman–Crippen MR) is 114 cm³/mol. The summed E-state index contributed by atoms with van der Waals surface area (Å²) < 4.78 is 55.5. The number of rotatable bonds is 4. The molecule has 0 spiro atoms. The van der Waals surface area contributed by atoms with E-state index >= 15 is 0 Å². The molecule has 31 heavy (non-hydrogen) atoms. The molecule has 2 saturated heterocycles. The molecule has 0 saturated carbocycles. The van der Waals surface area contributed by atoms with Gasteiger partial charge in [-0.25, -0.2) is 4.39 Å². The minimum absolute atomic E-state index is 0.0167. The fourth-order valence-electron chi connectivity index (χ4n) is 4.95. The lowest BCUT2D eigenvalue weighted by atomic mass is 9.83. The van der Waals surface area contributed by atoms with Crippen LogP contribution in [0.1, 0.15) is 30.5 Å². The summed E-state index contributed by atoms with van der Waals surface area (Å²) in [6.07, 6.45) is -4.25. The van der Waals surface area contributed by atoms with Gasteiger partial charge in [-0.15, -0.1) is 0 Å². The van der Waals surface area contributed by atoms with E-state index in [4.69, 9.17) is 0 Å². The van der Waals surface area contributed by atoms with Crippen LogP contribution in [0.3, 0.4) is 0 Å². The van der Waals surface area contributed by atoms with Crippen molar-refractivity contribution in [1.29, 1.82) is 0 Å². The van der Waals surface area contributed by atoms with Crippen molar-refractivity contribution in [3.8, 4) is 0 Å². The van der Waals surface area contributed by atoms with E-state index in [9.17, 15) is 17.6 Å². The van der Waals surface area contributed by atoms with E-state index in [2.05, 4.69) is 27.8 Å². The summed E-state index contributed by atoms with van der Waals surface area (Å²) in [6.45, 7) is 7.15. The van der Waals surface area contributed by atoms with Crippen molar-refractivity contribution < 1.29 is 17.6 Å². The molecule has 4 N–H and O–H groups in total. The Bertz CT molecular complexity index is 814. The van der Waals surface area contributed by atoms with Gasteiger partial charge in [0.05, 0.1) is 18.2 Å². The highest BCUT2D eigenvalue weighted by Crippen LogP contribution is 2.41. The van der Waals surface area contributed by atoms with Crippen molar-refractivity contribution in [2.75, 3.05) is 32.0 Å². The van der Waals surface area contributed by atoms with E-state index in [1.54, 1.807) is 12.1 Å². The van der Waals surface area contributed by atoms with Gasteiger partial charge in [0.25, 0.3) is 0 Å². The summed E-state index contributed by atoms with van der Waals surface area (Å²) in [5.74, 6) is 0. The van der Waals surface area contributed by atoms with Gasteiger partial charge in [0, 0.05) is 43.0 Å². The smallest absolute Gasteiger partial charge is 0.379 e. The third-order valence-corrected chi connectivity index (χ3v) is 6.72. The van der Waals surface area contributed by atoms with Crippen molar-refractivity contribution in [3.63, 3.8) is 0 Å². The molecule has 1 aromatic rings. The third kappa shape index (κ3) is 4.74. The van der Waals surface area contributed by atoms with E-state index in [0.29, 0.717) is 31.5 Å². The normalized spacial score (nSPS) is 34.4. The predicted octanol–water partition coefficient (Wildman–Crippen LogP) is 2.72. The summed E-state index contributed by atoms with van der Waals surface area (Å²) >= 11 is 0. The van der Waals surface area contributed by atoms with Gasteiger partial charge in [-0.1, -0.05) is 18.7 Å². The second kappa shape index (κ2) is 8.69. The number of halogens is 4. The summed E-state index contributed by atoms with van der Waals surface area (Å²) in [4.78, 5) is 1.95. The zero-order valence-electron chi connectivity index (χ0n) is 17.9. The highest BCUT2D eigenvalue weighted by Gasteiger charge is 2.43. The van der Waals surface area contributed by atoms with Crippen LogP contribution in [0.25, 0.3) is 0 Å². The zero-order chi connectivity index (χ0) is 22.3. The van der Waals surface area contributed by atoms with Gasteiger partial charge >= 0.3 is 6.18 Å². The lowest BCUT2D eigenvalue weighted by Gasteiger charge is -2.39. The molecule has 3 heterocycles. The minimum atomic E-state index is -4.51. The maximum atomic E-state index is 14.6. The summed E-state index contributed by atoms with van der Waals surface area (Å²) in [6, 6.07) is 3.68. The van der Waals surface area contributed by atoms with Gasteiger partial charge in [-0.3, -0.25) is 5.32 Å². The van der Waals surface area contributed by atoms with Crippen LogP contribution in [-0.4, -0.2) is 68.2 Å². The molecule has 4 unspecified atom stereocenters. The van der Waals surface area contributed by atoms with E-state index in [1.807, 2.05) is 24.9 Å². The van der Waals surface area contributed by atoms with Crippen molar-refractivity contribution in [2.24, 2.45) is 0 Å². The number of nitrogens with one attached hydrogen (secondary N) is 4. The Kier molecular flexibility index (Phi) is 6.31. The quantitative estimate of drug-likeness (QED) is 0.428. The van der Waals surface area contributed by atoms with Crippen LogP contribution < -0.4 is 21.3 Å². The highest BCUT2D eigenvalue weighted by atomic mass is 19.4. The Balaban J connectivity index is 1.65. The van der Waals surface area contributed by atoms with Crippen LogP contribution in [0.4, 0.5) is 23.2 Å². The van der Waals surface area contributed by atoms with E-state index in [0.717, 1.165) is 17.8 Å². The molecular weight excluding hydrogens is 410 g/mol. The van der Waals surface area contributed by atoms with Crippen molar-refractivity contribution in [3.05, 3.63) is 41.5 Å². The molecule has 5 nitrogen and oxygen atoms in total. The molecule has 0 bridgehead atoms. The molecule has 3 aliphatic rings. The second-order valence-electron chi connectivity index (χ2n) is 9.03. The summed E-state index contributed by atoms with van der Waals surface area (Å²) in [7, 11) is 1.89. The van der Waals surface area contributed by atoms with Gasteiger partial charge in [-0.2, -0.15) is 13.2 Å². The number of hydrogen-bond acceptors (Lipinski definition) is 5. The van der Waals surface area contributed by atoms with Crippen LogP contribution in [0.2, 0.25) is 0 Å². The number of piperidine rings is 1. The molecule has 1 aromatic carbocycles. The Labute approximate surface area is 180 Å². The minimum Gasteiger partial charge on any atom is -0.379 e. The molecule has 6 atom stereocenters. The lowest BCUT2D eigenvalue weighted by molar-refractivity contribution is -0.0971. The van der Waals surface area contributed by atoms with E-state index in [-0.39, 0.29) is 24.3 Å². The maximum absolute atomic E-state index is 14.6. The number of likely N-dealkylation sites (tertiary alicyclic amines) is 1. The molecular formula is C22H31F4N5. The standard InChI is InChI=1S/C22H31F4N5/c1-12(22(24,25)26)21-14-5-4-6-17(29-18-7-8-31(3)11-16(18)23)15(14)9-19(30-21)20-10-27-13(2)28-20/h4-6,13,16,18-21,27-30H,1,7-11H2,2-3H3/t13?,16-,18+,19?,20?,21?/m0/s1. The first kappa shape index (κ1) is 22.5. The first-order valence-electron chi connectivity index (χ1n) is 10.9.